The molecule has 0 fully saturated rings. The molecule has 2 aromatic rings. The van der Waals surface area contributed by atoms with Crippen molar-refractivity contribution >= 4 is 27.4 Å². The second kappa shape index (κ2) is 3.51. The van der Waals surface area contributed by atoms with Gasteiger partial charge in [-0.3, -0.25) is 9.20 Å². The molecule has 0 aromatic carbocycles. The first-order valence-electron chi connectivity index (χ1n) is 4.14. The van der Waals surface area contributed by atoms with Crippen molar-refractivity contribution in [2.24, 2.45) is 0 Å². The number of carbonyl (C=O) groups is 1. The zero-order chi connectivity index (χ0) is 11.0. The van der Waals surface area contributed by atoms with Gasteiger partial charge in [-0.15, -0.1) is 0 Å². The Balaban J connectivity index is 2.89. The Morgan fingerprint density at radius 2 is 1.93 bits per heavy atom. The van der Waals surface area contributed by atoms with Gasteiger partial charge in [0.15, 0.2) is 0 Å². The third kappa shape index (κ3) is 1.66. The van der Waals surface area contributed by atoms with Gasteiger partial charge < -0.3 is 5.11 Å². The van der Waals surface area contributed by atoms with Gasteiger partial charge >= 0.3 is 5.97 Å². The van der Waals surface area contributed by atoms with Crippen molar-refractivity contribution in [3.63, 3.8) is 0 Å². The van der Waals surface area contributed by atoms with Crippen molar-refractivity contribution in [3.05, 3.63) is 50.9 Å². The molecular weight excluding hydrogens is 262 g/mol. The van der Waals surface area contributed by atoms with Gasteiger partial charge in [-0.25, -0.2) is 4.79 Å². The van der Waals surface area contributed by atoms with Crippen LogP contribution in [0.25, 0.3) is 5.52 Å². The first-order valence-corrected chi connectivity index (χ1v) is 4.93. The molecule has 4 nitrogen and oxygen atoms in total. The highest BCUT2D eigenvalue weighted by Gasteiger charge is 2.09. The lowest BCUT2D eigenvalue weighted by Crippen LogP contribution is -2.21. The number of hydrogen-bond donors (Lipinski definition) is 1. The quantitative estimate of drug-likeness (QED) is 0.857. The molecule has 2 heterocycles. The maximum Gasteiger partial charge on any atom is 0.341 e. The maximum atomic E-state index is 11.7. The Morgan fingerprint density at radius 1 is 1.27 bits per heavy atom. The molecule has 0 radical (unpaired) electrons. The molecule has 2 aromatic heterocycles. The minimum atomic E-state index is -1.21. The summed E-state index contributed by atoms with van der Waals surface area (Å²) in [5, 5.41) is 8.77. The first-order chi connectivity index (χ1) is 7.09. The molecule has 0 amide bonds. The number of pyridine rings is 2. The van der Waals surface area contributed by atoms with Crippen LogP contribution in [0.2, 0.25) is 0 Å². The van der Waals surface area contributed by atoms with Crippen LogP contribution in [0.3, 0.4) is 0 Å². The van der Waals surface area contributed by atoms with Crippen molar-refractivity contribution < 1.29 is 9.90 Å². The Hall–Kier alpha value is -1.62. The number of fused-ring (bicyclic) bond motifs is 1. The van der Waals surface area contributed by atoms with Gasteiger partial charge in [0.25, 0.3) is 5.56 Å². The van der Waals surface area contributed by atoms with Crippen molar-refractivity contribution in [2.45, 2.75) is 0 Å². The molecule has 0 unspecified atom stereocenters. The Morgan fingerprint density at radius 3 is 2.60 bits per heavy atom. The minimum Gasteiger partial charge on any atom is -0.477 e. The molecule has 0 aliphatic heterocycles. The van der Waals surface area contributed by atoms with Gasteiger partial charge in [0.2, 0.25) is 0 Å². The van der Waals surface area contributed by atoms with Crippen LogP contribution < -0.4 is 5.56 Å². The summed E-state index contributed by atoms with van der Waals surface area (Å²) in [7, 11) is 0. The summed E-state index contributed by atoms with van der Waals surface area (Å²) < 4.78 is 2.02. The van der Waals surface area contributed by atoms with E-state index in [1.54, 1.807) is 24.4 Å². The van der Waals surface area contributed by atoms with Gasteiger partial charge in [0.1, 0.15) is 5.56 Å². The van der Waals surface area contributed by atoms with E-state index in [9.17, 15) is 9.59 Å². The number of rotatable bonds is 1. The summed E-state index contributed by atoms with van der Waals surface area (Å²) in [5.74, 6) is -1.21. The molecular formula is C10H6BrNO3. The third-order valence-corrected chi connectivity index (χ3v) is 2.51. The summed E-state index contributed by atoms with van der Waals surface area (Å²) in [5.41, 5.74) is -0.0971. The molecule has 0 saturated heterocycles. The average Bonchev–Trinajstić information content (AvgIpc) is 2.19. The number of aromatic carboxylic acids is 1. The standard InChI is InChI=1S/C10H6BrNO3/c11-6-1-2-7-3-4-8(10(14)15)9(13)12(7)5-6/h1-5H,(H,14,15). The lowest BCUT2D eigenvalue weighted by molar-refractivity contribution is 0.0695. The van der Waals surface area contributed by atoms with E-state index in [0.29, 0.717) is 5.52 Å². The van der Waals surface area contributed by atoms with E-state index < -0.39 is 11.5 Å². The van der Waals surface area contributed by atoms with E-state index in [4.69, 9.17) is 5.11 Å². The molecule has 2 rings (SSSR count). The fourth-order valence-electron chi connectivity index (χ4n) is 1.33. The summed E-state index contributed by atoms with van der Waals surface area (Å²) in [6.07, 6.45) is 1.55. The zero-order valence-electron chi connectivity index (χ0n) is 7.48. The molecule has 0 saturated carbocycles. The van der Waals surface area contributed by atoms with E-state index >= 15 is 0 Å². The molecule has 0 bridgehead atoms. The molecule has 15 heavy (non-hydrogen) atoms. The van der Waals surface area contributed by atoms with Crippen LogP contribution in [0.15, 0.2) is 39.7 Å². The first kappa shape index (κ1) is 9.92. The fourth-order valence-corrected chi connectivity index (χ4v) is 1.67. The van der Waals surface area contributed by atoms with Crippen LogP contribution in [-0.4, -0.2) is 15.5 Å². The summed E-state index contributed by atoms with van der Waals surface area (Å²) in [4.78, 5) is 22.4. The van der Waals surface area contributed by atoms with E-state index in [2.05, 4.69) is 15.9 Å². The van der Waals surface area contributed by atoms with Crippen LogP contribution in [0.1, 0.15) is 10.4 Å². The highest BCUT2D eigenvalue weighted by atomic mass is 79.9. The van der Waals surface area contributed by atoms with E-state index in [1.807, 2.05) is 0 Å². The predicted octanol–water partition coefficient (Wildman–Crippen LogP) is 1.76. The second-order valence-electron chi connectivity index (χ2n) is 3.00. The van der Waals surface area contributed by atoms with Gasteiger partial charge in [0.05, 0.1) is 0 Å². The Kier molecular flexibility index (Phi) is 2.32. The molecule has 0 atom stereocenters. The smallest absolute Gasteiger partial charge is 0.341 e. The minimum absolute atomic E-state index is 0.231. The lowest BCUT2D eigenvalue weighted by atomic mass is 10.2. The van der Waals surface area contributed by atoms with Crippen LogP contribution in [0.4, 0.5) is 0 Å². The predicted molar refractivity (Wildman–Crippen MR) is 58.3 cm³/mol. The molecule has 5 heteroatoms. The molecule has 0 aliphatic carbocycles. The number of nitrogens with zero attached hydrogens (tertiary/aromatic N) is 1. The Bertz CT molecular complexity index is 603. The van der Waals surface area contributed by atoms with Crippen molar-refractivity contribution in [1.29, 1.82) is 0 Å². The van der Waals surface area contributed by atoms with E-state index in [-0.39, 0.29) is 5.56 Å². The molecule has 0 aliphatic rings. The molecule has 1 N–H and O–H groups in total. The molecule has 0 spiro atoms. The Labute approximate surface area is 92.9 Å². The van der Waals surface area contributed by atoms with Crippen LogP contribution >= 0.6 is 15.9 Å². The monoisotopic (exact) mass is 267 g/mol. The summed E-state index contributed by atoms with van der Waals surface area (Å²) >= 11 is 3.22. The zero-order valence-corrected chi connectivity index (χ0v) is 9.06. The maximum absolute atomic E-state index is 11.7. The van der Waals surface area contributed by atoms with Crippen LogP contribution in [-0.2, 0) is 0 Å². The number of hydrogen-bond acceptors (Lipinski definition) is 2. The topological polar surface area (TPSA) is 58.8 Å². The molecule has 76 valence electrons. The summed E-state index contributed by atoms with van der Waals surface area (Å²) in [6, 6.07) is 6.43. The number of carboxylic acids is 1. The number of aromatic nitrogens is 1. The summed E-state index contributed by atoms with van der Waals surface area (Å²) in [6.45, 7) is 0. The van der Waals surface area contributed by atoms with Crippen LogP contribution in [0, 0.1) is 0 Å². The number of carboxylic acid groups (broad SMARTS) is 1. The normalized spacial score (nSPS) is 10.5. The van der Waals surface area contributed by atoms with Crippen molar-refractivity contribution in [2.75, 3.05) is 0 Å². The largest absolute Gasteiger partial charge is 0.477 e. The number of halogens is 1. The van der Waals surface area contributed by atoms with E-state index in [0.717, 1.165) is 4.47 Å². The highest BCUT2D eigenvalue weighted by molar-refractivity contribution is 9.10. The SMILES string of the molecule is O=C(O)c1ccc2ccc(Br)cn2c1=O. The second-order valence-corrected chi connectivity index (χ2v) is 3.92. The highest BCUT2D eigenvalue weighted by Crippen LogP contribution is 2.10. The lowest BCUT2D eigenvalue weighted by Gasteiger charge is -2.02. The fraction of sp³-hybridized carbons (Fsp3) is 0. The van der Waals surface area contributed by atoms with Crippen molar-refractivity contribution in [3.8, 4) is 0 Å². The van der Waals surface area contributed by atoms with Crippen LogP contribution in [0.5, 0.6) is 0 Å². The average molecular weight is 268 g/mol. The third-order valence-electron chi connectivity index (χ3n) is 2.04. The van der Waals surface area contributed by atoms with Gasteiger partial charge in [-0.2, -0.15) is 0 Å². The van der Waals surface area contributed by atoms with Gasteiger partial charge in [-0.05, 0) is 40.2 Å². The van der Waals surface area contributed by atoms with Crippen molar-refractivity contribution in [1.82, 2.24) is 4.40 Å². The van der Waals surface area contributed by atoms with Gasteiger partial charge in [-0.1, -0.05) is 0 Å². The van der Waals surface area contributed by atoms with Gasteiger partial charge in [0, 0.05) is 16.2 Å². The van der Waals surface area contributed by atoms with E-state index in [1.165, 1.54) is 10.5 Å².